The molecule has 8 heteroatoms. The van der Waals surface area contributed by atoms with Crippen molar-refractivity contribution in [2.45, 2.75) is 29.0 Å². The smallest absolute Gasteiger partial charge is 0.198 e. The average Bonchev–Trinajstić information content (AvgIpc) is 3.26. The SMILES string of the molecule is CSc1nc2sc3c(c2c2nnc(SCc4ccccc4)n12)CC[NH+](C)C3. The second-order valence-corrected chi connectivity index (χ2v) is 9.63. The Hall–Kier alpha value is -1.61. The first-order valence-corrected chi connectivity index (χ1v) is 12.0. The summed E-state index contributed by atoms with van der Waals surface area (Å²) in [5, 5.41) is 12.3. The minimum Gasteiger partial charge on any atom is -0.333 e. The Morgan fingerprint density at radius 2 is 2.04 bits per heavy atom. The van der Waals surface area contributed by atoms with E-state index in [2.05, 4.69) is 52.2 Å². The van der Waals surface area contributed by atoms with Crippen LogP contribution in [0.3, 0.4) is 0 Å². The van der Waals surface area contributed by atoms with E-state index in [0.29, 0.717) is 0 Å². The second-order valence-electron chi connectivity index (χ2n) is 6.83. The molecule has 1 atom stereocenters. The van der Waals surface area contributed by atoms with Crippen molar-refractivity contribution >= 4 is 50.7 Å². The number of nitrogens with one attached hydrogen (secondary N) is 1. The predicted molar refractivity (Wildman–Crippen MR) is 113 cm³/mol. The number of thioether (sulfide) groups is 2. The van der Waals surface area contributed by atoms with Crippen LogP contribution in [0.2, 0.25) is 0 Å². The molecule has 3 aromatic heterocycles. The summed E-state index contributed by atoms with van der Waals surface area (Å²) in [6.07, 6.45) is 3.17. The molecule has 1 aromatic carbocycles. The van der Waals surface area contributed by atoms with Crippen molar-refractivity contribution in [2.24, 2.45) is 0 Å². The fourth-order valence-electron chi connectivity index (χ4n) is 3.61. The van der Waals surface area contributed by atoms with Gasteiger partial charge in [-0.25, -0.2) is 9.38 Å². The maximum Gasteiger partial charge on any atom is 0.198 e. The molecule has 0 radical (unpaired) electrons. The van der Waals surface area contributed by atoms with Gasteiger partial charge < -0.3 is 4.90 Å². The summed E-state index contributed by atoms with van der Waals surface area (Å²) in [5.74, 6) is 0.878. The van der Waals surface area contributed by atoms with Gasteiger partial charge in [0.05, 0.1) is 23.9 Å². The number of likely N-dealkylation sites (N-methyl/N-ethyl adjacent to an activating group) is 1. The Labute approximate surface area is 170 Å². The minimum atomic E-state index is 0.878. The van der Waals surface area contributed by atoms with Gasteiger partial charge >= 0.3 is 0 Å². The van der Waals surface area contributed by atoms with Crippen molar-refractivity contribution in [1.82, 2.24) is 19.6 Å². The van der Waals surface area contributed by atoms with Gasteiger partial charge in [-0.1, -0.05) is 53.9 Å². The zero-order chi connectivity index (χ0) is 18.4. The number of thiophene rings is 1. The zero-order valence-electron chi connectivity index (χ0n) is 15.2. The molecule has 0 fully saturated rings. The molecule has 0 saturated heterocycles. The molecule has 5 rings (SSSR count). The van der Waals surface area contributed by atoms with E-state index in [1.165, 1.54) is 27.9 Å². The number of rotatable bonds is 4. The van der Waals surface area contributed by atoms with Gasteiger partial charge in [0.2, 0.25) is 0 Å². The number of hydrogen-bond donors (Lipinski definition) is 1. The summed E-state index contributed by atoms with van der Waals surface area (Å²) in [5.41, 5.74) is 3.70. The van der Waals surface area contributed by atoms with Gasteiger partial charge in [0.25, 0.3) is 0 Å². The maximum atomic E-state index is 4.98. The van der Waals surface area contributed by atoms with Crippen molar-refractivity contribution in [3.05, 3.63) is 46.3 Å². The lowest BCUT2D eigenvalue weighted by molar-refractivity contribution is -0.895. The molecule has 0 aliphatic carbocycles. The number of aromatic nitrogens is 4. The summed E-state index contributed by atoms with van der Waals surface area (Å²) >= 11 is 5.22. The number of fused-ring (bicyclic) bond motifs is 5. The number of benzene rings is 1. The van der Waals surface area contributed by atoms with Gasteiger partial charge in [-0.15, -0.1) is 21.5 Å². The van der Waals surface area contributed by atoms with Gasteiger partial charge in [-0.3, -0.25) is 0 Å². The Bertz CT molecular complexity index is 1120. The molecule has 0 bridgehead atoms. The van der Waals surface area contributed by atoms with Crippen LogP contribution in [0.25, 0.3) is 15.9 Å². The number of hydrogen-bond acceptors (Lipinski definition) is 6. The maximum absolute atomic E-state index is 4.98. The van der Waals surface area contributed by atoms with E-state index in [1.54, 1.807) is 28.4 Å². The highest BCUT2D eigenvalue weighted by Gasteiger charge is 2.26. The molecule has 1 N–H and O–H groups in total. The van der Waals surface area contributed by atoms with Crippen LogP contribution in [-0.2, 0) is 18.7 Å². The molecule has 1 unspecified atom stereocenters. The summed E-state index contributed by atoms with van der Waals surface area (Å²) in [6, 6.07) is 10.5. The van der Waals surface area contributed by atoms with Crippen molar-refractivity contribution in [3.63, 3.8) is 0 Å². The average molecular weight is 415 g/mol. The third-order valence-corrected chi connectivity index (χ3v) is 7.74. The van der Waals surface area contributed by atoms with E-state index in [9.17, 15) is 0 Å². The molecule has 0 amide bonds. The summed E-state index contributed by atoms with van der Waals surface area (Å²) in [6.45, 7) is 2.25. The van der Waals surface area contributed by atoms with E-state index >= 15 is 0 Å². The Kier molecular flexibility index (Phi) is 4.59. The Morgan fingerprint density at radius 1 is 1.19 bits per heavy atom. The molecule has 1 aliphatic heterocycles. The monoisotopic (exact) mass is 414 g/mol. The fraction of sp³-hybridized carbons (Fsp3) is 0.316. The molecule has 5 nitrogen and oxygen atoms in total. The Balaban J connectivity index is 1.63. The van der Waals surface area contributed by atoms with Crippen LogP contribution in [0, 0.1) is 0 Å². The number of quaternary nitrogens is 1. The van der Waals surface area contributed by atoms with E-state index in [-0.39, 0.29) is 0 Å². The highest BCUT2D eigenvalue weighted by atomic mass is 32.2. The Morgan fingerprint density at radius 3 is 2.85 bits per heavy atom. The lowest BCUT2D eigenvalue weighted by atomic mass is 10.1. The van der Waals surface area contributed by atoms with Crippen LogP contribution >= 0.6 is 34.9 Å². The topological polar surface area (TPSA) is 47.5 Å². The van der Waals surface area contributed by atoms with E-state index in [4.69, 9.17) is 4.98 Å². The standard InChI is InChI=1S/C19H19N5S3/c1-23-9-8-13-14(10-23)27-17-15(13)16-21-22-19(24(16)18(20-17)25-2)26-11-12-6-4-3-5-7-12/h3-7H,8-11H2,1-2H3/p+1. The highest BCUT2D eigenvalue weighted by molar-refractivity contribution is 7.99. The molecule has 4 heterocycles. The minimum absolute atomic E-state index is 0.878. The van der Waals surface area contributed by atoms with Crippen molar-refractivity contribution < 1.29 is 4.90 Å². The molecule has 27 heavy (non-hydrogen) atoms. The van der Waals surface area contributed by atoms with Gasteiger partial charge in [0.15, 0.2) is 16.0 Å². The molecule has 4 aromatic rings. The van der Waals surface area contributed by atoms with Crippen LogP contribution < -0.4 is 4.90 Å². The molecular formula is C19H20N5S3+. The summed E-state index contributed by atoms with van der Waals surface area (Å²) in [7, 11) is 2.26. The first-order chi connectivity index (χ1) is 13.2. The lowest BCUT2D eigenvalue weighted by Gasteiger charge is -2.19. The first-order valence-electron chi connectivity index (χ1n) is 8.96. The first kappa shape index (κ1) is 17.5. The third kappa shape index (κ3) is 3.04. The van der Waals surface area contributed by atoms with Crippen molar-refractivity contribution in [1.29, 1.82) is 0 Å². The van der Waals surface area contributed by atoms with Crippen LogP contribution in [-0.4, -0.2) is 39.4 Å². The fourth-order valence-corrected chi connectivity index (χ4v) is 6.48. The normalized spacial score (nSPS) is 16.9. The van der Waals surface area contributed by atoms with Gasteiger partial charge in [0.1, 0.15) is 11.4 Å². The second kappa shape index (κ2) is 7.09. The molecular weight excluding hydrogens is 394 g/mol. The molecule has 1 aliphatic rings. The largest absolute Gasteiger partial charge is 0.333 e. The van der Waals surface area contributed by atoms with Crippen molar-refractivity contribution in [3.8, 4) is 0 Å². The van der Waals surface area contributed by atoms with Crippen LogP contribution in [0.4, 0.5) is 0 Å². The zero-order valence-corrected chi connectivity index (χ0v) is 17.7. The van der Waals surface area contributed by atoms with E-state index in [1.807, 2.05) is 17.4 Å². The quantitative estimate of drug-likeness (QED) is 0.411. The van der Waals surface area contributed by atoms with E-state index in [0.717, 1.165) is 39.5 Å². The van der Waals surface area contributed by atoms with Gasteiger partial charge in [-0.05, 0) is 17.4 Å². The van der Waals surface area contributed by atoms with Gasteiger partial charge in [0, 0.05) is 12.2 Å². The summed E-state index contributed by atoms with van der Waals surface area (Å²) in [4.78, 5) is 9.12. The van der Waals surface area contributed by atoms with Crippen LogP contribution in [0.5, 0.6) is 0 Å². The lowest BCUT2D eigenvalue weighted by Crippen LogP contribution is -3.08. The van der Waals surface area contributed by atoms with Crippen LogP contribution in [0.15, 0.2) is 40.6 Å². The van der Waals surface area contributed by atoms with E-state index < -0.39 is 0 Å². The molecule has 0 spiro atoms. The predicted octanol–water partition coefficient (Wildman–Crippen LogP) is 2.92. The third-order valence-electron chi connectivity index (χ3n) is 4.97. The van der Waals surface area contributed by atoms with Crippen LogP contribution in [0.1, 0.15) is 16.0 Å². The van der Waals surface area contributed by atoms with Gasteiger partial charge in [-0.2, -0.15) is 0 Å². The molecule has 138 valence electrons. The number of nitrogens with zero attached hydrogens (tertiary/aromatic N) is 4. The summed E-state index contributed by atoms with van der Waals surface area (Å²) < 4.78 is 2.15. The van der Waals surface area contributed by atoms with Crippen molar-refractivity contribution in [2.75, 3.05) is 19.8 Å². The molecule has 0 saturated carbocycles. The highest BCUT2D eigenvalue weighted by Crippen LogP contribution is 2.37.